The molecule has 1 aliphatic heterocycles. The third kappa shape index (κ3) is 4.47. The predicted molar refractivity (Wildman–Crippen MR) is 141 cm³/mol. The van der Waals surface area contributed by atoms with Crippen LogP contribution in [0.2, 0.25) is 0 Å². The highest BCUT2D eigenvalue weighted by atomic mass is 16.5. The number of ether oxygens (including phenoxy) is 3. The van der Waals surface area contributed by atoms with Crippen molar-refractivity contribution >= 4 is 17.5 Å². The third-order valence-electron chi connectivity index (χ3n) is 6.17. The molecule has 0 saturated heterocycles. The van der Waals surface area contributed by atoms with Crippen LogP contribution in [0.25, 0.3) is 11.4 Å². The van der Waals surface area contributed by atoms with Crippen LogP contribution in [0.15, 0.2) is 84.1 Å². The fourth-order valence-corrected chi connectivity index (χ4v) is 4.44. The van der Waals surface area contributed by atoms with Gasteiger partial charge in [-0.15, -0.1) is 5.10 Å². The Morgan fingerprint density at radius 3 is 2.14 bits per heavy atom. The molecule has 9 nitrogen and oxygen atoms in total. The first kappa shape index (κ1) is 23.9. The summed E-state index contributed by atoms with van der Waals surface area (Å²) < 4.78 is 18.2. The minimum absolute atomic E-state index is 0.222. The lowest BCUT2D eigenvalue weighted by Gasteiger charge is -2.28. The number of aromatic nitrogens is 3. The van der Waals surface area contributed by atoms with E-state index in [1.165, 1.54) is 0 Å². The van der Waals surface area contributed by atoms with Crippen LogP contribution in [-0.2, 0) is 4.79 Å². The summed E-state index contributed by atoms with van der Waals surface area (Å²) in [5, 5.41) is 11.1. The third-order valence-corrected chi connectivity index (χ3v) is 6.17. The highest BCUT2D eigenvalue weighted by Gasteiger charge is 2.34. The van der Waals surface area contributed by atoms with Crippen LogP contribution in [0.3, 0.4) is 0 Å². The number of carbonyl (C=O) groups excluding carboxylic acids is 1. The fourth-order valence-electron chi connectivity index (χ4n) is 4.44. The van der Waals surface area contributed by atoms with Crippen molar-refractivity contribution < 1.29 is 19.0 Å². The molecule has 0 radical (unpaired) electrons. The number of allylic oxidation sites excluding steroid dienone is 1. The molecule has 2 heterocycles. The molecule has 188 valence electrons. The highest BCUT2D eigenvalue weighted by molar-refractivity contribution is 6.06. The van der Waals surface area contributed by atoms with Crippen molar-refractivity contribution in [3.05, 3.63) is 89.6 Å². The predicted octanol–water partition coefficient (Wildman–Crippen LogP) is 4.90. The zero-order chi connectivity index (χ0) is 25.9. The Balaban J connectivity index is 1.61. The standard InChI is InChI=1S/C28H27N5O4/c1-17-23(27(34)30-20-13-9-6-10-14-20)24(18-11-7-5-8-12-18)33-28(29-17)31-26(32-33)19-15-21(35-2)25(37-4)22(16-19)36-3/h5-16,24H,1-4H3,(H,30,34)(H,29,31,32). The molecule has 1 aliphatic rings. The van der Waals surface area contributed by atoms with E-state index in [1.54, 1.807) is 38.1 Å². The molecule has 9 heteroatoms. The van der Waals surface area contributed by atoms with Crippen LogP contribution < -0.4 is 24.8 Å². The second-order valence-corrected chi connectivity index (χ2v) is 8.41. The summed E-state index contributed by atoms with van der Waals surface area (Å²) in [4.78, 5) is 18.3. The Morgan fingerprint density at radius 2 is 1.54 bits per heavy atom. The van der Waals surface area contributed by atoms with Gasteiger partial charge in [-0.3, -0.25) is 4.79 Å². The monoisotopic (exact) mass is 497 g/mol. The van der Waals surface area contributed by atoms with Crippen molar-refractivity contribution in [2.24, 2.45) is 0 Å². The lowest BCUT2D eigenvalue weighted by atomic mass is 9.95. The number of methoxy groups -OCH3 is 3. The van der Waals surface area contributed by atoms with Gasteiger partial charge in [0.1, 0.15) is 6.04 Å². The zero-order valence-electron chi connectivity index (χ0n) is 21.0. The molecule has 0 saturated carbocycles. The first-order chi connectivity index (χ1) is 18.0. The van der Waals surface area contributed by atoms with Gasteiger partial charge >= 0.3 is 0 Å². The molecule has 4 aromatic rings. The molecule has 0 spiro atoms. The molecule has 5 rings (SSSR count). The number of nitrogens with one attached hydrogen (secondary N) is 2. The van der Waals surface area contributed by atoms with Gasteiger partial charge < -0.3 is 24.8 Å². The summed E-state index contributed by atoms with van der Waals surface area (Å²) in [6.45, 7) is 1.87. The number of nitrogens with zero attached hydrogens (tertiary/aromatic N) is 3. The van der Waals surface area contributed by atoms with E-state index in [9.17, 15) is 4.79 Å². The number of amides is 1. The first-order valence-electron chi connectivity index (χ1n) is 11.7. The van der Waals surface area contributed by atoms with Gasteiger partial charge in [0, 0.05) is 16.9 Å². The SMILES string of the molecule is COc1cc(-c2nc3n(n2)C(c2ccccc2)C(C(=O)Nc2ccccc2)=C(C)N3)cc(OC)c1OC. The zero-order valence-corrected chi connectivity index (χ0v) is 21.0. The number of rotatable bonds is 7. The summed E-state index contributed by atoms with van der Waals surface area (Å²) in [5.74, 6) is 2.21. The number of anilines is 2. The second-order valence-electron chi connectivity index (χ2n) is 8.41. The molecule has 0 aliphatic carbocycles. The van der Waals surface area contributed by atoms with Crippen LogP contribution >= 0.6 is 0 Å². The summed E-state index contributed by atoms with van der Waals surface area (Å²) in [7, 11) is 4.67. The Kier molecular flexibility index (Phi) is 6.51. The number of para-hydroxylation sites is 1. The summed E-state index contributed by atoms with van der Waals surface area (Å²) in [5.41, 5.74) is 3.53. The van der Waals surface area contributed by atoms with Crippen molar-refractivity contribution in [2.75, 3.05) is 32.0 Å². The van der Waals surface area contributed by atoms with E-state index in [2.05, 4.69) is 10.6 Å². The van der Waals surface area contributed by atoms with Crippen molar-refractivity contribution in [1.29, 1.82) is 0 Å². The number of fused-ring (bicyclic) bond motifs is 1. The number of carbonyl (C=O) groups is 1. The Bertz CT molecular complexity index is 1440. The second kappa shape index (κ2) is 10.1. The van der Waals surface area contributed by atoms with Gasteiger partial charge in [-0.25, -0.2) is 4.68 Å². The van der Waals surface area contributed by atoms with Gasteiger partial charge in [-0.1, -0.05) is 48.5 Å². The maximum absolute atomic E-state index is 13.6. The quantitative estimate of drug-likeness (QED) is 0.375. The van der Waals surface area contributed by atoms with E-state index in [-0.39, 0.29) is 5.91 Å². The average molecular weight is 498 g/mol. The van der Waals surface area contributed by atoms with Gasteiger partial charge in [-0.2, -0.15) is 4.98 Å². The number of hydrogen-bond acceptors (Lipinski definition) is 7. The maximum atomic E-state index is 13.6. The molecule has 1 aromatic heterocycles. The Morgan fingerprint density at radius 1 is 0.919 bits per heavy atom. The van der Waals surface area contributed by atoms with Crippen LogP contribution in [0.1, 0.15) is 18.5 Å². The van der Waals surface area contributed by atoms with Crippen LogP contribution in [0.5, 0.6) is 17.2 Å². The van der Waals surface area contributed by atoms with Gasteiger partial charge in [0.05, 0.1) is 26.9 Å². The minimum atomic E-state index is -0.496. The van der Waals surface area contributed by atoms with Crippen molar-refractivity contribution in [3.8, 4) is 28.6 Å². The largest absolute Gasteiger partial charge is 0.493 e. The molecule has 3 aromatic carbocycles. The molecule has 2 N–H and O–H groups in total. The molecule has 1 atom stereocenters. The smallest absolute Gasteiger partial charge is 0.255 e. The molecule has 0 bridgehead atoms. The summed E-state index contributed by atoms with van der Waals surface area (Å²) in [6.07, 6.45) is 0. The van der Waals surface area contributed by atoms with Gasteiger partial charge in [0.2, 0.25) is 11.7 Å². The van der Waals surface area contributed by atoms with E-state index < -0.39 is 6.04 Å². The Labute approximate surface area is 214 Å². The van der Waals surface area contributed by atoms with Crippen molar-refractivity contribution in [1.82, 2.24) is 14.8 Å². The minimum Gasteiger partial charge on any atom is -0.493 e. The average Bonchev–Trinajstić information content (AvgIpc) is 3.36. The molecule has 1 unspecified atom stereocenters. The van der Waals surface area contributed by atoms with Crippen LogP contribution in [0.4, 0.5) is 11.6 Å². The van der Waals surface area contributed by atoms with Gasteiger partial charge in [0.15, 0.2) is 17.3 Å². The fraction of sp³-hybridized carbons (Fsp3) is 0.179. The van der Waals surface area contributed by atoms with E-state index in [0.717, 1.165) is 5.56 Å². The lowest BCUT2D eigenvalue weighted by Crippen LogP contribution is -2.31. The van der Waals surface area contributed by atoms with E-state index in [4.69, 9.17) is 24.3 Å². The summed E-state index contributed by atoms with van der Waals surface area (Å²) in [6, 6.07) is 22.2. The van der Waals surface area contributed by atoms with Crippen molar-refractivity contribution in [2.45, 2.75) is 13.0 Å². The van der Waals surface area contributed by atoms with Gasteiger partial charge in [-0.05, 0) is 36.8 Å². The van der Waals surface area contributed by atoms with Crippen molar-refractivity contribution in [3.63, 3.8) is 0 Å². The summed E-state index contributed by atoms with van der Waals surface area (Å²) >= 11 is 0. The van der Waals surface area contributed by atoms with E-state index in [1.807, 2.05) is 67.6 Å². The lowest BCUT2D eigenvalue weighted by molar-refractivity contribution is -0.113. The van der Waals surface area contributed by atoms with E-state index >= 15 is 0 Å². The van der Waals surface area contributed by atoms with Crippen LogP contribution in [-0.4, -0.2) is 42.0 Å². The Hall–Kier alpha value is -4.79. The number of hydrogen-bond donors (Lipinski definition) is 2. The topological polar surface area (TPSA) is 99.5 Å². The molecule has 1 amide bonds. The normalized spacial score (nSPS) is 14.4. The number of benzene rings is 3. The molecular formula is C28H27N5O4. The molecule has 0 fully saturated rings. The molecule has 37 heavy (non-hydrogen) atoms. The first-order valence-corrected chi connectivity index (χ1v) is 11.7. The van der Waals surface area contributed by atoms with Gasteiger partial charge in [0.25, 0.3) is 5.91 Å². The molecular weight excluding hydrogens is 470 g/mol. The van der Waals surface area contributed by atoms with Crippen LogP contribution in [0, 0.1) is 0 Å². The maximum Gasteiger partial charge on any atom is 0.255 e. The highest BCUT2D eigenvalue weighted by Crippen LogP contribution is 2.42. The van der Waals surface area contributed by atoms with E-state index in [0.29, 0.717) is 51.5 Å².